The fourth-order valence-electron chi connectivity index (χ4n) is 1.45. The summed E-state index contributed by atoms with van der Waals surface area (Å²) in [6.07, 6.45) is 9.20. The molecule has 1 aliphatic rings. The summed E-state index contributed by atoms with van der Waals surface area (Å²) in [7, 11) is 0. The van der Waals surface area contributed by atoms with E-state index in [1.54, 1.807) is 0 Å². The summed E-state index contributed by atoms with van der Waals surface area (Å²) >= 11 is 0. The molecule has 0 saturated heterocycles. The Morgan fingerprint density at radius 1 is 1.07 bits per heavy atom. The molecule has 0 saturated carbocycles. The average Bonchev–Trinajstić information content (AvgIpc) is 2.18. The molecule has 0 heterocycles. The minimum absolute atomic E-state index is 0.251. The summed E-state index contributed by atoms with van der Waals surface area (Å²) in [4.78, 5) is 0. The molecule has 1 aromatic rings. The minimum atomic E-state index is 0.251. The molecular formula is C14H12. The SMILES string of the molecule is C1#CC(c2ccccc2)/C=C\C=C/C1. The van der Waals surface area contributed by atoms with Gasteiger partial charge in [-0.1, -0.05) is 66.5 Å². The van der Waals surface area contributed by atoms with Crippen LogP contribution in [0.1, 0.15) is 17.9 Å². The molecule has 0 aliphatic heterocycles. The predicted molar refractivity (Wildman–Crippen MR) is 59.9 cm³/mol. The standard InChI is InChI=1S/C14H12/c1-2-5-9-13(10-6-3-1)14-11-7-4-8-12-14/h1-2,4-5,7-9,11-13H,3H2/b2-1-,9-5-. The molecule has 1 aromatic carbocycles. The smallest absolute Gasteiger partial charge is 0.0635 e. The Labute approximate surface area is 85.0 Å². The van der Waals surface area contributed by atoms with E-state index in [0.29, 0.717) is 0 Å². The largest absolute Gasteiger partial charge is 0.0982 e. The van der Waals surface area contributed by atoms with E-state index in [9.17, 15) is 0 Å². The number of hydrogen-bond acceptors (Lipinski definition) is 0. The first-order valence-corrected chi connectivity index (χ1v) is 4.83. The van der Waals surface area contributed by atoms with Gasteiger partial charge in [0.25, 0.3) is 0 Å². The summed E-state index contributed by atoms with van der Waals surface area (Å²) in [6, 6.07) is 10.4. The second-order valence-corrected chi connectivity index (χ2v) is 3.23. The van der Waals surface area contributed by atoms with Crippen LogP contribution in [0.3, 0.4) is 0 Å². The van der Waals surface area contributed by atoms with Crippen LogP contribution in [0.5, 0.6) is 0 Å². The molecule has 0 radical (unpaired) electrons. The van der Waals surface area contributed by atoms with E-state index in [1.165, 1.54) is 5.56 Å². The van der Waals surface area contributed by atoms with Gasteiger partial charge in [-0.2, -0.15) is 0 Å². The molecule has 68 valence electrons. The van der Waals surface area contributed by atoms with Gasteiger partial charge in [-0.25, -0.2) is 0 Å². The van der Waals surface area contributed by atoms with Gasteiger partial charge in [-0.15, -0.1) is 0 Å². The lowest BCUT2D eigenvalue weighted by molar-refractivity contribution is 1.12. The second kappa shape index (κ2) is 4.48. The fourth-order valence-corrected chi connectivity index (χ4v) is 1.45. The van der Waals surface area contributed by atoms with Gasteiger partial charge in [0.15, 0.2) is 0 Å². The molecule has 0 amide bonds. The van der Waals surface area contributed by atoms with Gasteiger partial charge in [0.1, 0.15) is 0 Å². The lowest BCUT2D eigenvalue weighted by Gasteiger charge is -2.05. The van der Waals surface area contributed by atoms with Crippen molar-refractivity contribution in [2.45, 2.75) is 12.3 Å². The molecule has 1 unspecified atom stereocenters. The maximum Gasteiger partial charge on any atom is 0.0635 e. The third kappa shape index (κ3) is 2.14. The van der Waals surface area contributed by atoms with Gasteiger partial charge < -0.3 is 0 Å². The normalized spacial score (nSPS) is 23.9. The molecule has 2 rings (SSSR count). The maximum atomic E-state index is 3.25. The van der Waals surface area contributed by atoms with Gasteiger partial charge in [0.2, 0.25) is 0 Å². The summed E-state index contributed by atoms with van der Waals surface area (Å²) in [5.41, 5.74) is 1.27. The van der Waals surface area contributed by atoms with Crippen molar-refractivity contribution in [3.63, 3.8) is 0 Å². The first-order chi connectivity index (χ1) is 6.97. The summed E-state index contributed by atoms with van der Waals surface area (Å²) in [5, 5.41) is 0. The van der Waals surface area contributed by atoms with Gasteiger partial charge in [0, 0.05) is 6.42 Å². The zero-order chi connectivity index (χ0) is 9.64. The first-order valence-electron chi connectivity index (χ1n) is 4.83. The predicted octanol–water partition coefficient (Wildman–Crippen LogP) is 3.29. The molecule has 0 aromatic heterocycles. The Bertz CT molecular complexity index is 399. The zero-order valence-corrected chi connectivity index (χ0v) is 7.98. The van der Waals surface area contributed by atoms with E-state index in [2.05, 4.69) is 60.4 Å². The highest BCUT2D eigenvalue weighted by molar-refractivity contribution is 5.35. The second-order valence-electron chi connectivity index (χ2n) is 3.23. The maximum absolute atomic E-state index is 3.25. The van der Waals surface area contributed by atoms with E-state index >= 15 is 0 Å². The van der Waals surface area contributed by atoms with Crippen LogP contribution in [0, 0.1) is 11.8 Å². The highest BCUT2D eigenvalue weighted by Gasteiger charge is 2.02. The quantitative estimate of drug-likeness (QED) is 0.582. The highest BCUT2D eigenvalue weighted by atomic mass is 14.0. The molecule has 1 aliphatic carbocycles. The summed E-state index contributed by atoms with van der Waals surface area (Å²) in [5.74, 6) is 6.65. The Balaban J connectivity index is 2.29. The molecule has 0 heteroatoms. The van der Waals surface area contributed by atoms with Crippen molar-refractivity contribution in [3.05, 3.63) is 60.2 Å². The molecular weight excluding hydrogens is 168 g/mol. The number of allylic oxidation sites excluding steroid dienone is 4. The molecule has 1 atom stereocenters. The fraction of sp³-hybridized carbons (Fsp3) is 0.143. The molecule has 14 heavy (non-hydrogen) atoms. The van der Waals surface area contributed by atoms with E-state index in [-0.39, 0.29) is 5.92 Å². The molecule has 0 bridgehead atoms. The third-order valence-corrected chi connectivity index (χ3v) is 2.19. The molecule has 0 fully saturated rings. The minimum Gasteiger partial charge on any atom is -0.0982 e. The lowest BCUT2D eigenvalue weighted by atomic mass is 9.98. The number of rotatable bonds is 1. The Morgan fingerprint density at radius 2 is 1.93 bits per heavy atom. The topological polar surface area (TPSA) is 0 Å². The van der Waals surface area contributed by atoms with E-state index in [0.717, 1.165) is 6.42 Å². The van der Waals surface area contributed by atoms with Crippen molar-refractivity contribution in [2.24, 2.45) is 0 Å². The van der Waals surface area contributed by atoms with Gasteiger partial charge in [-0.05, 0) is 5.56 Å². The Hall–Kier alpha value is -1.74. The molecule has 0 N–H and O–H groups in total. The lowest BCUT2D eigenvalue weighted by Crippen LogP contribution is -1.91. The van der Waals surface area contributed by atoms with Crippen LogP contribution in [0.15, 0.2) is 54.6 Å². The van der Waals surface area contributed by atoms with Gasteiger partial charge in [-0.3, -0.25) is 0 Å². The van der Waals surface area contributed by atoms with Crippen molar-refractivity contribution >= 4 is 0 Å². The first kappa shape index (κ1) is 8.84. The summed E-state index contributed by atoms with van der Waals surface area (Å²) in [6.45, 7) is 0. The van der Waals surface area contributed by atoms with Crippen molar-refractivity contribution in [1.29, 1.82) is 0 Å². The van der Waals surface area contributed by atoms with Crippen LogP contribution < -0.4 is 0 Å². The van der Waals surface area contributed by atoms with Gasteiger partial charge >= 0.3 is 0 Å². The average molecular weight is 180 g/mol. The van der Waals surface area contributed by atoms with Crippen molar-refractivity contribution in [3.8, 4) is 11.8 Å². The Morgan fingerprint density at radius 3 is 2.79 bits per heavy atom. The summed E-state index contributed by atoms with van der Waals surface area (Å²) < 4.78 is 0. The van der Waals surface area contributed by atoms with Crippen LogP contribution in [0.2, 0.25) is 0 Å². The third-order valence-electron chi connectivity index (χ3n) is 2.19. The van der Waals surface area contributed by atoms with Crippen LogP contribution >= 0.6 is 0 Å². The zero-order valence-electron chi connectivity index (χ0n) is 7.98. The number of hydrogen-bond donors (Lipinski definition) is 0. The van der Waals surface area contributed by atoms with Crippen LogP contribution in [0.4, 0.5) is 0 Å². The van der Waals surface area contributed by atoms with Crippen molar-refractivity contribution in [1.82, 2.24) is 0 Å². The van der Waals surface area contributed by atoms with Crippen LogP contribution in [-0.4, -0.2) is 0 Å². The van der Waals surface area contributed by atoms with E-state index in [1.807, 2.05) is 6.07 Å². The Kier molecular flexibility index (Phi) is 2.83. The van der Waals surface area contributed by atoms with E-state index in [4.69, 9.17) is 0 Å². The monoisotopic (exact) mass is 180 g/mol. The van der Waals surface area contributed by atoms with Crippen LogP contribution in [0.25, 0.3) is 0 Å². The molecule has 0 nitrogen and oxygen atoms in total. The van der Waals surface area contributed by atoms with Crippen molar-refractivity contribution < 1.29 is 0 Å². The van der Waals surface area contributed by atoms with Crippen LogP contribution in [-0.2, 0) is 0 Å². The molecule has 0 spiro atoms. The number of benzene rings is 1. The highest BCUT2D eigenvalue weighted by Crippen LogP contribution is 2.16. The van der Waals surface area contributed by atoms with E-state index < -0.39 is 0 Å². The van der Waals surface area contributed by atoms with Crippen molar-refractivity contribution in [2.75, 3.05) is 0 Å². The van der Waals surface area contributed by atoms with Gasteiger partial charge in [0.05, 0.1) is 5.92 Å².